The molecular weight excluding hydrogens is 508 g/mol. The number of nitrogens with zero attached hydrogens (tertiary/aromatic N) is 6. The summed E-state index contributed by atoms with van der Waals surface area (Å²) in [6.45, 7) is 8.27. The van der Waals surface area contributed by atoms with Crippen LogP contribution in [0, 0.1) is 0 Å². The van der Waals surface area contributed by atoms with E-state index in [1.54, 1.807) is 0 Å². The fourth-order valence-corrected chi connectivity index (χ4v) is 6.20. The van der Waals surface area contributed by atoms with Crippen molar-refractivity contribution in [2.24, 2.45) is 5.73 Å². The Hall–Kier alpha value is -2.70. The van der Waals surface area contributed by atoms with E-state index in [1.807, 2.05) is 18.2 Å². The second-order valence-corrected chi connectivity index (χ2v) is 11.1. The molecule has 2 fully saturated rings. The number of hydrogen-bond donors (Lipinski definition) is 4. The number of aromatic amines is 1. The normalized spacial score (nSPS) is 18.9. The van der Waals surface area contributed by atoms with E-state index < -0.39 is 0 Å². The van der Waals surface area contributed by atoms with Crippen molar-refractivity contribution in [2.45, 2.75) is 42.4 Å². The highest BCUT2D eigenvalue weighted by atomic mass is 35.5. The second-order valence-electron chi connectivity index (χ2n) is 9.65. The summed E-state index contributed by atoms with van der Waals surface area (Å²) in [4.78, 5) is 28.1. The zero-order valence-corrected chi connectivity index (χ0v) is 22.4. The Labute approximate surface area is 224 Å². The molecule has 0 aliphatic carbocycles. The lowest BCUT2D eigenvalue weighted by atomic mass is 10.2. The maximum atomic E-state index is 6.75. The minimum Gasteiger partial charge on any atom is -0.383 e. The van der Waals surface area contributed by atoms with Crippen LogP contribution in [0.25, 0.3) is 21.9 Å². The van der Waals surface area contributed by atoms with E-state index >= 15 is 0 Å². The summed E-state index contributed by atoms with van der Waals surface area (Å²) in [6.07, 6.45) is 1.72. The molecule has 2 saturated heterocycles. The van der Waals surface area contributed by atoms with Gasteiger partial charge in [0.2, 0.25) is 0 Å². The highest BCUT2D eigenvalue weighted by molar-refractivity contribution is 7.99. The number of hydrogen-bond acceptors (Lipinski definition) is 10. The van der Waals surface area contributed by atoms with Crippen molar-refractivity contribution in [1.82, 2.24) is 35.1 Å². The van der Waals surface area contributed by atoms with Crippen molar-refractivity contribution >= 4 is 56.9 Å². The molecule has 5 heterocycles. The van der Waals surface area contributed by atoms with Crippen LogP contribution in [0.5, 0.6) is 0 Å². The number of anilines is 2. The van der Waals surface area contributed by atoms with E-state index in [1.165, 1.54) is 11.8 Å². The highest BCUT2D eigenvalue weighted by Gasteiger charge is 2.26. The number of H-pyrrole nitrogens is 1. The fraction of sp³-hybridized carbons (Fsp3) is 0.440. The Morgan fingerprint density at radius 1 is 1.14 bits per heavy atom. The lowest BCUT2D eigenvalue weighted by molar-refractivity contribution is 0.228. The quantitative estimate of drug-likeness (QED) is 0.271. The SMILES string of the molecule is CCc1[nH]c2nc(Sc3ccc4c(N)nc(CN5CCNCC5)nc4c3)nc(N3CC[C@H](N)C3)c2c1Cl. The third kappa shape index (κ3) is 4.94. The molecule has 3 aromatic heterocycles. The highest BCUT2D eigenvalue weighted by Crippen LogP contribution is 2.38. The maximum absolute atomic E-state index is 6.75. The third-order valence-corrected chi connectivity index (χ3v) is 8.30. The number of nitrogens with two attached hydrogens (primary N) is 2. The molecule has 6 rings (SSSR count). The number of rotatable bonds is 6. The van der Waals surface area contributed by atoms with Gasteiger partial charge in [-0.05, 0) is 42.8 Å². The van der Waals surface area contributed by atoms with Crippen LogP contribution in [0.1, 0.15) is 24.9 Å². The van der Waals surface area contributed by atoms with Crippen LogP contribution >= 0.6 is 23.4 Å². The Bertz CT molecular complexity index is 1450. The van der Waals surface area contributed by atoms with Crippen LogP contribution in [0.15, 0.2) is 28.3 Å². The van der Waals surface area contributed by atoms with Crippen LogP contribution in [-0.4, -0.2) is 75.1 Å². The summed E-state index contributed by atoms with van der Waals surface area (Å²) in [5, 5.41) is 6.43. The Balaban J connectivity index is 1.34. The van der Waals surface area contributed by atoms with Crippen molar-refractivity contribution < 1.29 is 0 Å². The molecule has 0 spiro atoms. The van der Waals surface area contributed by atoms with Crippen LogP contribution in [0.4, 0.5) is 11.6 Å². The van der Waals surface area contributed by atoms with Crippen molar-refractivity contribution in [3.05, 3.63) is 34.7 Å². The predicted octanol–water partition coefficient (Wildman–Crippen LogP) is 2.79. The monoisotopic (exact) mass is 538 g/mol. The van der Waals surface area contributed by atoms with E-state index in [9.17, 15) is 0 Å². The number of nitrogens with one attached hydrogen (secondary N) is 2. The zero-order valence-electron chi connectivity index (χ0n) is 20.8. The first-order valence-electron chi connectivity index (χ1n) is 12.7. The molecule has 0 bridgehead atoms. The Kier molecular flexibility index (Phi) is 6.80. The predicted molar refractivity (Wildman–Crippen MR) is 149 cm³/mol. The first kappa shape index (κ1) is 24.6. The number of aryl methyl sites for hydroxylation is 1. The molecule has 0 amide bonds. The Morgan fingerprint density at radius 3 is 2.73 bits per heavy atom. The lowest BCUT2D eigenvalue weighted by Crippen LogP contribution is -2.43. The average Bonchev–Trinajstić information content (AvgIpc) is 3.46. The van der Waals surface area contributed by atoms with E-state index in [2.05, 4.69) is 32.0 Å². The van der Waals surface area contributed by atoms with Gasteiger partial charge in [0.05, 0.1) is 22.5 Å². The number of nitrogen functional groups attached to an aromatic ring is 1. The van der Waals surface area contributed by atoms with Crippen molar-refractivity contribution in [3.63, 3.8) is 0 Å². The third-order valence-electron chi connectivity index (χ3n) is 7.03. The number of halogens is 1. The van der Waals surface area contributed by atoms with Crippen LogP contribution in [-0.2, 0) is 13.0 Å². The molecule has 2 aliphatic rings. The minimum absolute atomic E-state index is 0.130. The maximum Gasteiger partial charge on any atom is 0.196 e. The molecule has 0 unspecified atom stereocenters. The smallest absolute Gasteiger partial charge is 0.196 e. The molecule has 2 aliphatic heterocycles. The Morgan fingerprint density at radius 2 is 1.97 bits per heavy atom. The molecule has 12 heteroatoms. The van der Waals surface area contributed by atoms with Gasteiger partial charge >= 0.3 is 0 Å². The topological polar surface area (TPSA) is 138 Å². The summed E-state index contributed by atoms with van der Waals surface area (Å²) < 4.78 is 0. The molecule has 10 nitrogen and oxygen atoms in total. The van der Waals surface area contributed by atoms with E-state index in [0.29, 0.717) is 22.5 Å². The van der Waals surface area contributed by atoms with E-state index in [4.69, 9.17) is 38.0 Å². The van der Waals surface area contributed by atoms with E-state index in [-0.39, 0.29) is 6.04 Å². The molecule has 1 aromatic carbocycles. The van der Waals surface area contributed by atoms with Gasteiger partial charge in [-0.15, -0.1) is 0 Å². The summed E-state index contributed by atoms with van der Waals surface area (Å²) in [7, 11) is 0. The molecule has 194 valence electrons. The van der Waals surface area contributed by atoms with Crippen molar-refractivity contribution in [1.29, 1.82) is 0 Å². The van der Waals surface area contributed by atoms with Gasteiger partial charge in [-0.2, -0.15) is 0 Å². The van der Waals surface area contributed by atoms with Gasteiger partial charge in [-0.3, -0.25) is 4.90 Å². The largest absolute Gasteiger partial charge is 0.383 e. The molecular formula is C25H31ClN10S. The standard InChI is InChI=1S/C25H31ClN10S/c1-2-17-21(26)20-23(31-17)33-25(34-24(20)36-8-5-14(27)12-36)37-15-3-4-16-18(11-15)30-19(32-22(16)28)13-35-9-6-29-7-10-35/h3-4,11,14,29H,2,5-10,12-13,27H2,1H3,(H2,28,30,32)(H,31,33,34)/t14-/m0/s1. The van der Waals surface area contributed by atoms with Gasteiger partial charge in [0.25, 0.3) is 0 Å². The number of aromatic nitrogens is 5. The molecule has 0 radical (unpaired) electrons. The average molecular weight is 539 g/mol. The molecule has 1 atom stereocenters. The van der Waals surface area contributed by atoms with Crippen LogP contribution < -0.4 is 21.7 Å². The van der Waals surface area contributed by atoms with Crippen molar-refractivity contribution in [3.8, 4) is 0 Å². The van der Waals surface area contributed by atoms with Gasteiger partial charge in [-0.1, -0.05) is 18.5 Å². The minimum atomic E-state index is 0.130. The molecule has 4 aromatic rings. The number of benzene rings is 1. The summed E-state index contributed by atoms with van der Waals surface area (Å²) in [6, 6.07) is 6.16. The first-order valence-corrected chi connectivity index (χ1v) is 13.9. The summed E-state index contributed by atoms with van der Waals surface area (Å²) in [5.41, 5.74) is 15.1. The number of piperazine rings is 1. The van der Waals surface area contributed by atoms with Crippen molar-refractivity contribution in [2.75, 3.05) is 49.9 Å². The molecule has 6 N–H and O–H groups in total. The number of fused-ring (bicyclic) bond motifs is 2. The van der Waals surface area contributed by atoms with Gasteiger partial charge in [0.1, 0.15) is 23.1 Å². The lowest BCUT2D eigenvalue weighted by Gasteiger charge is -2.26. The van der Waals surface area contributed by atoms with E-state index in [0.717, 1.165) is 96.3 Å². The van der Waals surface area contributed by atoms with Gasteiger partial charge < -0.3 is 26.7 Å². The van der Waals surface area contributed by atoms with Crippen LogP contribution in [0.3, 0.4) is 0 Å². The summed E-state index contributed by atoms with van der Waals surface area (Å²) in [5.74, 6) is 2.09. The summed E-state index contributed by atoms with van der Waals surface area (Å²) >= 11 is 8.24. The molecule has 0 saturated carbocycles. The van der Waals surface area contributed by atoms with Gasteiger partial charge in [0, 0.05) is 61.3 Å². The van der Waals surface area contributed by atoms with Gasteiger partial charge in [0.15, 0.2) is 5.16 Å². The van der Waals surface area contributed by atoms with Crippen LogP contribution in [0.2, 0.25) is 5.02 Å². The van der Waals surface area contributed by atoms with Gasteiger partial charge in [-0.25, -0.2) is 19.9 Å². The first-order chi connectivity index (χ1) is 18.0. The fourth-order valence-electron chi connectivity index (χ4n) is 5.06. The second kappa shape index (κ2) is 10.2. The molecule has 37 heavy (non-hydrogen) atoms. The zero-order chi connectivity index (χ0) is 25.5.